The lowest BCUT2D eigenvalue weighted by molar-refractivity contribution is 0.567. The van der Waals surface area contributed by atoms with Gasteiger partial charge < -0.3 is 5.32 Å². The first-order valence-electron chi connectivity index (χ1n) is 5.28. The van der Waals surface area contributed by atoms with Gasteiger partial charge in [0.2, 0.25) is 5.28 Å². The summed E-state index contributed by atoms with van der Waals surface area (Å²) in [5.74, 6) is 0.737. The Morgan fingerprint density at radius 3 is 2.50 bits per heavy atom. The van der Waals surface area contributed by atoms with E-state index in [4.69, 9.17) is 11.6 Å². The molecule has 0 aromatic carbocycles. The number of hydrogen-bond donors (Lipinski definition) is 1. The summed E-state index contributed by atoms with van der Waals surface area (Å²) in [5, 5.41) is 3.45. The predicted molar refractivity (Wildman–Crippen MR) is 68.8 cm³/mol. The molecule has 1 rings (SSSR count). The molecular formula is C12H18ClN3. The minimum Gasteiger partial charge on any atom is -0.344 e. The monoisotopic (exact) mass is 239 g/mol. The molecule has 0 amide bonds. The number of hydrogen-bond acceptors (Lipinski definition) is 3. The third-order valence-electron chi connectivity index (χ3n) is 2.23. The van der Waals surface area contributed by atoms with E-state index in [1.807, 2.05) is 26.0 Å². The maximum Gasteiger partial charge on any atom is 0.224 e. The Morgan fingerprint density at radius 2 is 2.00 bits per heavy atom. The second-order valence-corrected chi connectivity index (χ2v) is 5.09. The van der Waals surface area contributed by atoms with E-state index in [-0.39, 0.29) is 10.7 Å². The Morgan fingerprint density at radius 1 is 1.38 bits per heavy atom. The van der Waals surface area contributed by atoms with E-state index in [9.17, 15) is 0 Å². The van der Waals surface area contributed by atoms with Gasteiger partial charge in [0.1, 0.15) is 5.82 Å². The molecule has 1 aromatic rings. The zero-order valence-electron chi connectivity index (χ0n) is 10.4. The number of halogens is 1. The fourth-order valence-electron chi connectivity index (χ4n) is 1.14. The van der Waals surface area contributed by atoms with Gasteiger partial charge in [-0.25, -0.2) is 9.97 Å². The van der Waals surface area contributed by atoms with Crippen LogP contribution in [-0.2, 0) is 5.41 Å². The van der Waals surface area contributed by atoms with Crippen LogP contribution in [0, 0.1) is 0 Å². The molecule has 0 aliphatic heterocycles. The molecule has 0 bridgehead atoms. The van der Waals surface area contributed by atoms with Gasteiger partial charge in [0.15, 0.2) is 0 Å². The third-order valence-corrected chi connectivity index (χ3v) is 2.39. The Balaban J connectivity index is 3.09. The van der Waals surface area contributed by atoms with Gasteiger partial charge in [-0.1, -0.05) is 26.8 Å². The van der Waals surface area contributed by atoms with Crippen molar-refractivity contribution in [2.45, 2.75) is 40.0 Å². The molecule has 0 radical (unpaired) electrons. The van der Waals surface area contributed by atoms with E-state index < -0.39 is 0 Å². The molecule has 0 aliphatic rings. The highest BCUT2D eigenvalue weighted by Crippen LogP contribution is 2.23. The van der Waals surface area contributed by atoms with Crippen LogP contribution in [-0.4, -0.2) is 9.97 Å². The predicted octanol–water partition coefficient (Wildman–Crippen LogP) is 3.76. The van der Waals surface area contributed by atoms with Gasteiger partial charge >= 0.3 is 0 Å². The van der Waals surface area contributed by atoms with E-state index in [0.29, 0.717) is 0 Å². The summed E-state index contributed by atoms with van der Waals surface area (Å²) in [4.78, 5) is 8.37. The van der Waals surface area contributed by atoms with Crippen LogP contribution >= 0.6 is 11.6 Å². The van der Waals surface area contributed by atoms with Crippen molar-refractivity contribution < 1.29 is 0 Å². The van der Waals surface area contributed by atoms with Gasteiger partial charge in [-0.3, -0.25) is 0 Å². The first kappa shape index (κ1) is 13.0. The molecule has 4 heteroatoms. The Hall–Kier alpha value is -1.09. The smallest absolute Gasteiger partial charge is 0.224 e. The molecule has 0 saturated carbocycles. The lowest BCUT2D eigenvalue weighted by atomic mass is 9.92. The summed E-state index contributed by atoms with van der Waals surface area (Å²) in [6, 6.07) is 1.93. The summed E-state index contributed by atoms with van der Waals surface area (Å²) in [5.41, 5.74) is 1.93. The molecule has 0 fully saturated rings. The van der Waals surface area contributed by atoms with Crippen molar-refractivity contribution in [3.05, 3.63) is 28.8 Å². The zero-order valence-corrected chi connectivity index (χ0v) is 11.2. The molecule has 0 spiro atoms. The molecular weight excluding hydrogens is 222 g/mol. The van der Waals surface area contributed by atoms with Crippen LogP contribution < -0.4 is 5.32 Å². The average Bonchev–Trinajstić information content (AvgIpc) is 2.15. The lowest BCUT2D eigenvalue weighted by Crippen LogP contribution is -2.15. The molecule has 0 atom stereocenters. The van der Waals surface area contributed by atoms with Crippen molar-refractivity contribution in [2.24, 2.45) is 0 Å². The van der Waals surface area contributed by atoms with Gasteiger partial charge in [-0.15, -0.1) is 0 Å². The van der Waals surface area contributed by atoms with Crippen LogP contribution in [0.5, 0.6) is 0 Å². The average molecular weight is 240 g/mol. The van der Waals surface area contributed by atoms with Crippen molar-refractivity contribution in [1.29, 1.82) is 0 Å². The number of allylic oxidation sites excluding steroid dienone is 2. The largest absolute Gasteiger partial charge is 0.344 e. The van der Waals surface area contributed by atoms with E-state index in [1.54, 1.807) is 0 Å². The van der Waals surface area contributed by atoms with E-state index in [1.165, 1.54) is 0 Å². The maximum absolute atomic E-state index is 5.90. The summed E-state index contributed by atoms with van der Waals surface area (Å²) >= 11 is 5.90. The Labute approximate surface area is 102 Å². The highest BCUT2D eigenvalue weighted by Gasteiger charge is 2.17. The minimum atomic E-state index is -0.0349. The molecule has 16 heavy (non-hydrogen) atoms. The van der Waals surface area contributed by atoms with Crippen LogP contribution in [0.2, 0.25) is 5.28 Å². The van der Waals surface area contributed by atoms with Crippen molar-refractivity contribution in [1.82, 2.24) is 9.97 Å². The zero-order chi connectivity index (χ0) is 12.3. The molecule has 1 aromatic heterocycles. The first-order chi connectivity index (χ1) is 7.32. The van der Waals surface area contributed by atoms with E-state index in [2.05, 4.69) is 36.1 Å². The lowest BCUT2D eigenvalue weighted by Gasteiger charge is -2.18. The fourth-order valence-corrected chi connectivity index (χ4v) is 1.32. The standard InChI is InChI=1S/C12H18ClN3/c1-6-8(2)14-10-7-9(12(3,4)5)15-11(13)16-10/h6-7H,1-5H3,(H,14,15,16)/b8-6+. The van der Waals surface area contributed by atoms with E-state index >= 15 is 0 Å². The van der Waals surface area contributed by atoms with Gasteiger partial charge in [-0.05, 0) is 25.4 Å². The van der Waals surface area contributed by atoms with Crippen LogP contribution in [0.15, 0.2) is 17.8 Å². The second-order valence-electron chi connectivity index (χ2n) is 4.75. The first-order valence-corrected chi connectivity index (χ1v) is 5.65. The highest BCUT2D eigenvalue weighted by molar-refractivity contribution is 6.28. The summed E-state index contributed by atoms with van der Waals surface area (Å²) in [7, 11) is 0. The quantitative estimate of drug-likeness (QED) is 0.799. The minimum absolute atomic E-state index is 0.0349. The van der Waals surface area contributed by atoms with Gasteiger partial charge in [0.05, 0.1) is 5.69 Å². The molecule has 0 aliphatic carbocycles. The van der Waals surface area contributed by atoms with Gasteiger partial charge in [0.25, 0.3) is 0 Å². The van der Waals surface area contributed by atoms with Crippen molar-refractivity contribution in [3.8, 4) is 0 Å². The number of nitrogens with zero attached hydrogens (tertiary/aromatic N) is 2. The fraction of sp³-hybridized carbons (Fsp3) is 0.500. The van der Waals surface area contributed by atoms with Crippen molar-refractivity contribution in [2.75, 3.05) is 5.32 Å². The van der Waals surface area contributed by atoms with Crippen LogP contribution in [0.25, 0.3) is 0 Å². The molecule has 0 saturated heterocycles. The van der Waals surface area contributed by atoms with Gasteiger partial charge in [-0.2, -0.15) is 0 Å². The van der Waals surface area contributed by atoms with Crippen molar-refractivity contribution >= 4 is 17.4 Å². The molecule has 88 valence electrons. The molecule has 0 unspecified atom stereocenters. The SMILES string of the molecule is C/C=C(\C)Nc1cc(C(C)(C)C)nc(Cl)n1. The third kappa shape index (κ3) is 3.49. The van der Waals surface area contributed by atoms with E-state index in [0.717, 1.165) is 17.2 Å². The van der Waals surface area contributed by atoms with Crippen LogP contribution in [0.4, 0.5) is 5.82 Å². The number of rotatable bonds is 2. The number of anilines is 1. The summed E-state index contributed by atoms with van der Waals surface area (Å²) < 4.78 is 0. The highest BCUT2D eigenvalue weighted by atomic mass is 35.5. The maximum atomic E-state index is 5.90. The molecule has 3 nitrogen and oxygen atoms in total. The normalized spacial score (nSPS) is 12.8. The number of nitrogens with one attached hydrogen (secondary N) is 1. The second kappa shape index (κ2) is 4.83. The number of aromatic nitrogens is 2. The molecule has 1 heterocycles. The Kier molecular flexibility index (Phi) is 3.92. The molecule has 1 N–H and O–H groups in total. The van der Waals surface area contributed by atoms with Crippen LogP contribution in [0.3, 0.4) is 0 Å². The van der Waals surface area contributed by atoms with Crippen molar-refractivity contribution in [3.63, 3.8) is 0 Å². The summed E-state index contributed by atoms with van der Waals surface area (Å²) in [6.45, 7) is 10.2. The summed E-state index contributed by atoms with van der Waals surface area (Å²) in [6.07, 6.45) is 1.98. The Bertz CT molecular complexity index is 405. The topological polar surface area (TPSA) is 37.8 Å². The van der Waals surface area contributed by atoms with Gasteiger partial charge in [0, 0.05) is 17.2 Å². The van der Waals surface area contributed by atoms with Crippen LogP contribution in [0.1, 0.15) is 40.3 Å².